The van der Waals surface area contributed by atoms with E-state index < -0.39 is 0 Å². The van der Waals surface area contributed by atoms with Gasteiger partial charge in [0, 0.05) is 11.4 Å². The fourth-order valence-corrected chi connectivity index (χ4v) is 2.77. The molecule has 0 aromatic rings. The number of rotatable bonds is 15. The Morgan fingerprint density at radius 2 is 1.05 bits per heavy atom. The molecule has 0 rings (SSSR count). The number of hydrogen-bond donors (Lipinski definition) is 1. The van der Waals surface area contributed by atoms with E-state index in [9.17, 15) is 0 Å². The average molecular weight is 304 g/mol. The lowest BCUT2D eigenvalue weighted by molar-refractivity contribution is 0.525. The van der Waals surface area contributed by atoms with Gasteiger partial charge in [0.2, 0.25) is 0 Å². The molecule has 0 saturated heterocycles. The van der Waals surface area contributed by atoms with Crippen LogP contribution in [-0.4, -0.2) is 11.4 Å². The van der Waals surface area contributed by atoms with Crippen LogP contribution in [0.5, 0.6) is 0 Å². The molecular formula is C18H38ClN. The van der Waals surface area contributed by atoms with Crippen molar-refractivity contribution in [3.63, 3.8) is 0 Å². The first-order valence-corrected chi connectivity index (χ1v) is 9.51. The number of unbranched alkanes of at least 4 members (excludes halogenated alkanes) is 12. The Labute approximate surface area is 133 Å². The average Bonchev–Trinajstić information content (AvgIpc) is 2.43. The van der Waals surface area contributed by atoms with Crippen LogP contribution in [0.15, 0.2) is 0 Å². The summed E-state index contributed by atoms with van der Waals surface area (Å²) in [6, 6.07) is 0.133. The molecule has 0 heterocycles. The molecule has 0 spiro atoms. The summed E-state index contributed by atoms with van der Waals surface area (Å²) in [7, 11) is 0. The van der Waals surface area contributed by atoms with Crippen LogP contribution >= 0.6 is 11.6 Å². The molecule has 20 heavy (non-hydrogen) atoms. The zero-order chi connectivity index (χ0) is 15.1. The topological polar surface area (TPSA) is 26.0 Å². The smallest absolute Gasteiger partial charge is 0.0484 e. The van der Waals surface area contributed by atoms with E-state index in [0.717, 1.165) is 6.42 Å². The van der Waals surface area contributed by atoms with E-state index in [1.165, 1.54) is 83.5 Å². The van der Waals surface area contributed by atoms with Crippen molar-refractivity contribution in [2.75, 3.05) is 0 Å². The highest BCUT2D eigenvalue weighted by molar-refractivity contribution is 6.21. The van der Waals surface area contributed by atoms with Crippen LogP contribution in [0, 0.1) is 0 Å². The number of halogens is 1. The van der Waals surface area contributed by atoms with Crippen molar-refractivity contribution in [2.24, 2.45) is 5.73 Å². The lowest BCUT2D eigenvalue weighted by atomic mass is 10.0. The van der Waals surface area contributed by atoms with E-state index >= 15 is 0 Å². The fourth-order valence-electron chi connectivity index (χ4n) is 2.62. The van der Waals surface area contributed by atoms with Crippen molar-refractivity contribution in [3.8, 4) is 0 Å². The molecule has 1 nitrogen and oxygen atoms in total. The van der Waals surface area contributed by atoms with Gasteiger partial charge in [-0.3, -0.25) is 0 Å². The van der Waals surface area contributed by atoms with Crippen LogP contribution in [-0.2, 0) is 0 Å². The second-order valence-electron chi connectivity index (χ2n) is 6.41. The molecule has 0 aromatic carbocycles. The van der Waals surface area contributed by atoms with Crippen molar-refractivity contribution >= 4 is 11.6 Å². The van der Waals surface area contributed by atoms with Crippen LogP contribution < -0.4 is 5.73 Å². The predicted octanol–water partition coefficient (Wildman–Crippen LogP) is 6.42. The van der Waals surface area contributed by atoms with Gasteiger partial charge < -0.3 is 5.73 Å². The number of alkyl halides is 1. The van der Waals surface area contributed by atoms with Crippen molar-refractivity contribution in [3.05, 3.63) is 0 Å². The maximum atomic E-state index is 6.13. The molecule has 0 radical (unpaired) electrons. The SMILES string of the molecule is CCCCCCCCCCCCCCCC(Cl)C(C)N. The van der Waals surface area contributed by atoms with Crippen LogP contribution in [0.25, 0.3) is 0 Å². The van der Waals surface area contributed by atoms with Crippen molar-refractivity contribution in [2.45, 2.75) is 115 Å². The van der Waals surface area contributed by atoms with Gasteiger partial charge in [0.15, 0.2) is 0 Å². The molecule has 0 aliphatic carbocycles. The van der Waals surface area contributed by atoms with E-state index in [1.54, 1.807) is 0 Å². The van der Waals surface area contributed by atoms with Crippen LogP contribution in [0.3, 0.4) is 0 Å². The summed E-state index contributed by atoms with van der Waals surface area (Å²) in [6.45, 7) is 4.28. The van der Waals surface area contributed by atoms with E-state index in [1.807, 2.05) is 6.92 Å². The maximum absolute atomic E-state index is 6.13. The zero-order valence-corrected chi connectivity index (χ0v) is 14.8. The van der Waals surface area contributed by atoms with Crippen molar-refractivity contribution < 1.29 is 0 Å². The Bertz CT molecular complexity index is 182. The third-order valence-electron chi connectivity index (χ3n) is 4.15. The quantitative estimate of drug-likeness (QED) is 0.274. The molecule has 122 valence electrons. The molecule has 2 atom stereocenters. The van der Waals surface area contributed by atoms with Crippen molar-refractivity contribution in [1.29, 1.82) is 0 Å². The summed E-state index contributed by atoms with van der Waals surface area (Å²) >= 11 is 6.13. The highest BCUT2D eigenvalue weighted by Crippen LogP contribution is 2.15. The van der Waals surface area contributed by atoms with Gasteiger partial charge in [-0.1, -0.05) is 90.4 Å². The minimum Gasteiger partial charge on any atom is -0.327 e. The largest absolute Gasteiger partial charge is 0.327 e. The van der Waals surface area contributed by atoms with Gasteiger partial charge in [0.25, 0.3) is 0 Å². The van der Waals surface area contributed by atoms with Crippen LogP contribution in [0.4, 0.5) is 0 Å². The number of hydrogen-bond acceptors (Lipinski definition) is 1. The highest BCUT2D eigenvalue weighted by Gasteiger charge is 2.08. The summed E-state index contributed by atoms with van der Waals surface area (Å²) in [5.41, 5.74) is 5.75. The Balaban J connectivity index is 3.03. The Kier molecular flexibility index (Phi) is 15.8. The highest BCUT2D eigenvalue weighted by atomic mass is 35.5. The Morgan fingerprint density at radius 3 is 1.40 bits per heavy atom. The molecule has 0 bridgehead atoms. The molecule has 2 N–H and O–H groups in total. The fraction of sp³-hybridized carbons (Fsp3) is 1.00. The molecule has 0 aliphatic rings. The van der Waals surface area contributed by atoms with Crippen LogP contribution in [0.2, 0.25) is 0 Å². The molecule has 2 unspecified atom stereocenters. The predicted molar refractivity (Wildman–Crippen MR) is 93.6 cm³/mol. The second kappa shape index (κ2) is 15.6. The number of nitrogens with two attached hydrogens (primary N) is 1. The summed E-state index contributed by atoms with van der Waals surface area (Å²) in [4.78, 5) is 0. The maximum Gasteiger partial charge on any atom is 0.0484 e. The van der Waals surface area contributed by atoms with Gasteiger partial charge in [-0.2, -0.15) is 0 Å². The first-order chi connectivity index (χ1) is 9.68. The molecular weight excluding hydrogens is 266 g/mol. The van der Waals surface area contributed by atoms with Crippen molar-refractivity contribution in [1.82, 2.24) is 0 Å². The molecule has 0 aliphatic heterocycles. The molecule has 2 heteroatoms. The molecule has 0 fully saturated rings. The van der Waals surface area contributed by atoms with Gasteiger partial charge >= 0.3 is 0 Å². The van der Waals surface area contributed by atoms with Gasteiger partial charge in [-0.15, -0.1) is 11.6 Å². The first-order valence-electron chi connectivity index (χ1n) is 9.08. The van der Waals surface area contributed by atoms with E-state index in [4.69, 9.17) is 17.3 Å². The van der Waals surface area contributed by atoms with E-state index in [2.05, 4.69) is 6.92 Å². The van der Waals surface area contributed by atoms with E-state index in [0.29, 0.717) is 0 Å². The molecule has 0 amide bonds. The van der Waals surface area contributed by atoms with Crippen LogP contribution in [0.1, 0.15) is 104 Å². The minimum atomic E-state index is 0.133. The minimum absolute atomic E-state index is 0.133. The standard InChI is InChI=1S/C18H38ClN/c1-3-4-5-6-7-8-9-10-11-12-13-14-15-16-18(19)17(2)20/h17-18H,3-16,20H2,1-2H3. The first kappa shape index (κ1) is 20.2. The normalized spacial score (nSPS) is 14.4. The summed E-state index contributed by atoms with van der Waals surface area (Å²) in [5.74, 6) is 0. The third-order valence-corrected chi connectivity index (χ3v) is 4.77. The van der Waals surface area contributed by atoms with Gasteiger partial charge in [0.1, 0.15) is 0 Å². The lowest BCUT2D eigenvalue weighted by Gasteiger charge is -2.12. The second-order valence-corrected chi connectivity index (χ2v) is 6.97. The van der Waals surface area contributed by atoms with Gasteiger partial charge in [0.05, 0.1) is 0 Å². The molecule has 0 aromatic heterocycles. The summed E-state index contributed by atoms with van der Waals surface area (Å²) in [5, 5.41) is 0.169. The Morgan fingerprint density at radius 1 is 0.700 bits per heavy atom. The van der Waals surface area contributed by atoms with Gasteiger partial charge in [-0.25, -0.2) is 0 Å². The lowest BCUT2D eigenvalue weighted by Crippen LogP contribution is -2.26. The summed E-state index contributed by atoms with van der Waals surface area (Å²) < 4.78 is 0. The monoisotopic (exact) mass is 303 g/mol. The molecule has 0 saturated carbocycles. The zero-order valence-electron chi connectivity index (χ0n) is 14.0. The Hall–Kier alpha value is 0.250. The van der Waals surface area contributed by atoms with E-state index in [-0.39, 0.29) is 11.4 Å². The summed E-state index contributed by atoms with van der Waals surface area (Å²) in [6.07, 6.45) is 19.3. The van der Waals surface area contributed by atoms with Gasteiger partial charge in [-0.05, 0) is 13.3 Å². The third kappa shape index (κ3) is 14.7.